The van der Waals surface area contributed by atoms with E-state index in [0.717, 1.165) is 12.8 Å². The Morgan fingerprint density at radius 1 is 1.00 bits per heavy atom. The second-order valence-electron chi connectivity index (χ2n) is 4.54. The molecule has 0 aliphatic heterocycles. The van der Waals surface area contributed by atoms with Crippen molar-refractivity contribution in [1.82, 2.24) is 0 Å². The Labute approximate surface area is 101 Å². The van der Waals surface area contributed by atoms with Crippen molar-refractivity contribution in [3.05, 3.63) is 0 Å². The first-order valence-electron chi connectivity index (χ1n) is 6.84. The van der Waals surface area contributed by atoms with E-state index in [-0.39, 0.29) is 11.9 Å². The molecule has 0 aromatic carbocycles. The zero-order chi connectivity index (χ0) is 12.2. The Balaban J connectivity index is 3.38. The molecule has 0 saturated heterocycles. The van der Waals surface area contributed by atoms with Gasteiger partial charge in [-0.25, -0.2) is 0 Å². The van der Waals surface area contributed by atoms with E-state index in [9.17, 15) is 4.79 Å². The number of hydrogen-bond donors (Lipinski definition) is 0. The molecule has 0 rings (SSSR count). The average molecular weight is 228 g/mol. The van der Waals surface area contributed by atoms with Crippen LogP contribution in [0.2, 0.25) is 0 Å². The van der Waals surface area contributed by atoms with E-state index in [0.29, 0.717) is 0 Å². The van der Waals surface area contributed by atoms with Gasteiger partial charge in [0.25, 0.3) is 0 Å². The molecule has 0 bridgehead atoms. The Bertz CT molecular complexity index is 166. The summed E-state index contributed by atoms with van der Waals surface area (Å²) in [6.45, 7) is 4.30. The highest BCUT2D eigenvalue weighted by atomic mass is 16.5. The Hall–Kier alpha value is -0.530. The molecule has 0 fully saturated rings. The molecule has 0 saturated carbocycles. The number of methoxy groups -OCH3 is 1. The van der Waals surface area contributed by atoms with E-state index >= 15 is 0 Å². The van der Waals surface area contributed by atoms with Crippen LogP contribution in [0.3, 0.4) is 0 Å². The van der Waals surface area contributed by atoms with Gasteiger partial charge in [0, 0.05) is 0 Å². The predicted molar refractivity (Wildman–Crippen MR) is 68.4 cm³/mol. The lowest BCUT2D eigenvalue weighted by Gasteiger charge is -2.11. The van der Waals surface area contributed by atoms with E-state index < -0.39 is 0 Å². The minimum absolute atomic E-state index is 0.0338. The summed E-state index contributed by atoms with van der Waals surface area (Å²) >= 11 is 0. The summed E-state index contributed by atoms with van der Waals surface area (Å²) in [6, 6.07) is 0. The summed E-state index contributed by atoms with van der Waals surface area (Å²) in [5, 5.41) is 0. The third-order valence-corrected chi connectivity index (χ3v) is 3.18. The molecule has 96 valence electrons. The lowest BCUT2D eigenvalue weighted by atomic mass is 9.98. The topological polar surface area (TPSA) is 26.3 Å². The predicted octanol–water partition coefficient (Wildman–Crippen LogP) is 4.33. The van der Waals surface area contributed by atoms with Crippen molar-refractivity contribution < 1.29 is 9.53 Å². The van der Waals surface area contributed by atoms with E-state index in [1.807, 2.05) is 0 Å². The number of esters is 1. The van der Waals surface area contributed by atoms with Gasteiger partial charge in [0.15, 0.2) is 0 Å². The van der Waals surface area contributed by atoms with Crippen LogP contribution in [0.1, 0.15) is 71.6 Å². The maximum absolute atomic E-state index is 11.3. The monoisotopic (exact) mass is 228 g/mol. The van der Waals surface area contributed by atoms with Gasteiger partial charge in [-0.3, -0.25) is 4.79 Å². The summed E-state index contributed by atoms with van der Waals surface area (Å²) in [5.74, 6) is 0.0918. The van der Waals surface area contributed by atoms with Crippen LogP contribution in [0.5, 0.6) is 0 Å². The molecule has 16 heavy (non-hydrogen) atoms. The van der Waals surface area contributed by atoms with Gasteiger partial charge in [-0.1, -0.05) is 58.8 Å². The van der Waals surface area contributed by atoms with Gasteiger partial charge >= 0.3 is 5.97 Å². The molecule has 1 atom stereocenters. The van der Waals surface area contributed by atoms with Gasteiger partial charge in [0.2, 0.25) is 0 Å². The second-order valence-corrected chi connectivity index (χ2v) is 4.54. The number of hydrogen-bond acceptors (Lipinski definition) is 2. The highest BCUT2D eigenvalue weighted by Gasteiger charge is 2.15. The van der Waals surface area contributed by atoms with E-state index in [2.05, 4.69) is 13.8 Å². The van der Waals surface area contributed by atoms with Crippen molar-refractivity contribution in [2.75, 3.05) is 7.11 Å². The summed E-state index contributed by atoms with van der Waals surface area (Å²) < 4.78 is 4.77. The van der Waals surface area contributed by atoms with Crippen molar-refractivity contribution in [2.45, 2.75) is 71.6 Å². The van der Waals surface area contributed by atoms with Crippen LogP contribution in [0.4, 0.5) is 0 Å². The van der Waals surface area contributed by atoms with Crippen LogP contribution in [-0.2, 0) is 9.53 Å². The van der Waals surface area contributed by atoms with Crippen molar-refractivity contribution in [3.8, 4) is 0 Å². The fourth-order valence-corrected chi connectivity index (χ4v) is 2.00. The first kappa shape index (κ1) is 15.5. The third-order valence-electron chi connectivity index (χ3n) is 3.18. The van der Waals surface area contributed by atoms with Gasteiger partial charge in [-0.05, 0) is 12.8 Å². The van der Waals surface area contributed by atoms with Gasteiger partial charge < -0.3 is 4.74 Å². The fourth-order valence-electron chi connectivity index (χ4n) is 2.00. The standard InChI is InChI=1S/C14H28O2/c1-4-6-7-8-9-10-11-12-13(5-2)14(15)16-3/h13H,4-12H2,1-3H3. The molecule has 0 aromatic rings. The first-order chi connectivity index (χ1) is 7.76. The minimum atomic E-state index is -0.0338. The SMILES string of the molecule is CCCCCCCCCC(CC)C(=O)OC. The highest BCUT2D eigenvalue weighted by molar-refractivity contribution is 5.72. The van der Waals surface area contributed by atoms with Crippen molar-refractivity contribution in [1.29, 1.82) is 0 Å². The number of ether oxygens (including phenoxy) is 1. The Morgan fingerprint density at radius 2 is 1.56 bits per heavy atom. The number of unbranched alkanes of at least 4 members (excludes halogenated alkanes) is 6. The highest BCUT2D eigenvalue weighted by Crippen LogP contribution is 2.16. The van der Waals surface area contributed by atoms with Crippen LogP contribution in [0, 0.1) is 5.92 Å². The summed E-state index contributed by atoms with van der Waals surface area (Å²) in [5.41, 5.74) is 0. The van der Waals surface area contributed by atoms with Crippen LogP contribution >= 0.6 is 0 Å². The molecule has 2 heteroatoms. The molecule has 2 nitrogen and oxygen atoms in total. The molecule has 0 spiro atoms. The first-order valence-corrected chi connectivity index (χ1v) is 6.84. The largest absolute Gasteiger partial charge is 0.469 e. The van der Waals surface area contributed by atoms with Gasteiger partial charge in [0.1, 0.15) is 0 Å². The Morgan fingerprint density at radius 3 is 2.06 bits per heavy atom. The molecule has 0 amide bonds. The zero-order valence-electron chi connectivity index (χ0n) is 11.3. The molecule has 0 aliphatic rings. The lowest BCUT2D eigenvalue weighted by molar-refractivity contribution is -0.145. The summed E-state index contributed by atoms with van der Waals surface area (Å²) in [7, 11) is 1.48. The molecule has 0 aromatic heterocycles. The summed E-state index contributed by atoms with van der Waals surface area (Å²) in [4.78, 5) is 11.3. The fraction of sp³-hybridized carbons (Fsp3) is 0.929. The van der Waals surface area contributed by atoms with E-state index in [1.165, 1.54) is 52.1 Å². The molecule has 1 unspecified atom stereocenters. The van der Waals surface area contributed by atoms with Crippen molar-refractivity contribution >= 4 is 5.97 Å². The van der Waals surface area contributed by atoms with Crippen LogP contribution < -0.4 is 0 Å². The molecule has 0 heterocycles. The Kier molecular flexibility index (Phi) is 10.6. The molecular weight excluding hydrogens is 200 g/mol. The lowest BCUT2D eigenvalue weighted by Crippen LogP contribution is -2.15. The van der Waals surface area contributed by atoms with Crippen LogP contribution in [-0.4, -0.2) is 13.1 Å². The summed E-state index contributed by atoms with van der Waals surface area (Å²) in [6.07, 6.45) is 11.0. The van der Waals surface area contributed by atoms with Gasteiger partial charge in [-0.2, -0.15) is 0 Å². The number of carbonyl (C=O) groups excluding carboxylic acids is 1. The van der Waals surface area contributed by atoms with E-state index in [1.54, 1.807) is 0 Å². The number of rotatable bonds is 10. The molecule has 0 N–H and O–H groups in total. The molecule has 0 radical (unpaired) electrons. The number of carbonyl (C=O) groups is 1. The average Bonchev–Trinajstić information content (AvgIpc) is 2.32. The smallest absolute Gasteiger partial charge is 0.308 e. The maximum atomic E-state index is 11.3. The molecule has 0 aliphatic carbocycles. The normalized spacial score (nSPS) is 12.4. The van der Waals surface area contributed by atoms with Crippen LogP contribution in [0.15, 0.2) is 0 Å². The van der Waals surface area contributed by atoms with E-state index in [4.69, 9.17) is 4.74 Å². The van der Waals surface area contributed by atoms with Gasteiger partial charge in [-0.15, -0.1) is 0 Å². The minimum Gasteiger partial charge on any atom is -0.469 e. The quantitative estimate of drug-likeness (QED) is 0.411. The van der Waals surface area contributed by atoms with Gasteiger partial charge in [0.05, 0.1) is 13.0 Å². The maximum Gasteiger partial charge on any atom is 0.308 e. The second kappa shape index (κ2) is 11.0. The van der Waals surface area contributed by atoms with Crippen molar-refractivity contribution in [3.63, 3.8) is 0 Å². The molecular formula is C14H28O2. The van der Waals surface area contributed by atoms with Crippen LogP contribution in [0.25, 0.3) is 0 Å². The zero-order valence-corrected chi connectivity index (χ0v) is 11.3. The van der Waals surface area contributed by atoms with Crippen molar-refractivity contribution in [2.24, 2.45) is 5.92 Å². The third kappa shape index (κ3) is 7.72.